The molecule has 0 radical (unpaired) electrons. The summed E-state index contributed by atoms with van der Waals surface area (Å²) in [4.78, 5) is 22.8. The van der Waals surface area contributed by atoms with Gasteiger partial charge in [-0.05, 0) is 44.7 Å². The van der Waals surface area contributed by atoms with Crippen LogP contribution in [0.3, 0.4) is 0 Å². The van der Waals surface area contributed by atoms with Crippen LogP contribution in [0, 0.1) is 6.92 Å². The Balaban J connectivity index is 3.42. The molecule has 0 saturated carbocycles. The fourth-order valence-electron chi connectivity index (χ4n) is 1.56. The largest absolute Gasteiger partial charge is 0.362 e. The molecular formula is C13H15NO2. The van der Waals surface area contributed by atoms with E-state index in [4.69, 9.17) is 0 Å². The third-order valence-electron chi connectivity index (χ3n) is 2.38. The average molecular weight is 217 g/mol. The molecule has 0 bridgehead atoms. The van der Waals surface area contributed by atoms with E-state index in [0.717, 1.165) is 11.3 Å². The highest BCUT2D eigenvalue weighted by atomic mass is 16.1. The molecule has 0 aliphatic rings. The maximum Gasteiger partial charge on any atom is 0.160 e. The van der Waals surface area contributed by atoms with Crippen LogP contribution >= 0.6 is 0 Å². The van der Waals surface area contributed by atoms with Gasteiger partial charge in [0, 0.05) is 16.8 Å². The molecule has 0 amide bonds. The Kier molecular flexibility index (Phi) is 3.61. The summed E-state index contributed by atoms with van der Waals surface area (Å²) in [5.74, 6) is -0.212. The number of rotatable bonds is 4. The second-order valence-electron chi connectivity index (χ2n) is 3.67. The van der Waals surface area contributed by atoms with Crippen molar-refractivity contribution in [1.82, 2.24) is 0 Å². The Labute approximate surface area is 95.2 Å². The van der Waals surface area contributed by atoms with Gasteiger partial charge in [-0.3, -0.25) is 9.59 Å². The fourth-order valence-corrected chi connectivity index (χ4v) is 1.56. The van der Waals surface area contributed by atoms with Gasteiger partial charge in [0.25, 0.3) is 0 Å². The van der Waals surface area contributed by atoms with Crippen molar-refractivity contribution in [2.75, 3.05) is 5.32 Å². The first-order valence-electron chi connectivity index (χ1n) is 5.01. The monoisotopic (exact) mass is 217 g/mol. The topological polar surface area (TPSA) is 46.2 Å². The SMILES string of the molecule is C=CNc1cc(C(C)=O)c(C(C)=O)cc1C. The molecule has 0 fully saturated rings. The predicted molar refractivity (Wildman–Crippen MR) is 65.0 cm³/mol. The maximum absolute atomic E-state index is 11.4. The van der Waals surface area contributed by atoms with Crippen molar-refractivity contribution in [2.45, 2.75) is 20.8 Å². The molecule has 0 unspecified atom stereocenters. The van der Waals surface area contributed by atoms with Crippen LogP contribution in [0.1, 0.15) is 40.1 Å². The van der Waals surface area contributed by atoms with Crippen molar-refractivity contribution in [3.8, 4) is 0 Å². The van der Waals surface area contributed by atoms with Gasteiger partial charge in [0.2, 0.25) is 0 Å². The lowest BCUT2D eigenvalue weighted by Gasteiger charge is -2.10. The minimum absolute atomic E-state index is 0.0987. The summed E-state index contributed by atoms with van der Waals surface area (Å²) in [5, 5.41) is 2.94. The number of Topliss-reactive ketones (excluding diaryl/α,β-unsaturated/α-hetero) is 2. The lowest BCUT2D eigenvalue weighted by Crippen LogP contribution is -2.06. The molecule has 3 nitrogen and oxygen atoms in total. The van der Waals surface area contributed by atoms with Crippen molar-refractivity contribution in [3.63, 3.8) is 0 Å². The first kappa shape index (κ1) is 12.2. The standard InChI is InChI=1S/C13H15NO2/c1-5-14-13-7-12(10(4)16)11(9(3)15)6-8(13)2/h5-7,14H,1H2,2-4H3. The first-order valence-corrected chi connectivity index (χ1v) is 5.01. The van der Waals surface area contributed by atoms with Gasteiger partial charge in [0.15, 0.2) is 11.6 Å². The number of anilines is 1. The first-order chi connectivity index (χ1) is 7.47. The van der Waals surface area contributed by atoms with Crippen LogP contribution in [0.2, 0.25) is 0 Å². The number of aryl methyl sites for hydroxylation is 1. The van der Waals surface area contributed by atoms with E-state index in [1.807, 2.05) is 6.92 Å². The molecule has 0 heterocycles. The summed E-state index contributed by atoms with van der Waals surface area (Å²) in [6, 6.07) is 3.42. The fraction of sp³-hybridized carbons (Fsp3) is 0.231. The number of carbonyl (C=O) groups is 2. The molecule has 0 aromatic heterocycles. The summed E-state index contributed by atoms with van der Waals surface area (Å²) >= 11 is 0. The van der Waals surface area contributed by atoms with E-state index in [9.17, 15) is 9.59 Å². The van der Waals surface area contributed by atoms with Crippen LogP contribution in [0.25, 0.3) is 0 Å². The predicted octanol–water partition coefficient (Wildman–Crippen LogP) is 2.96. The highest BCUT2D eigenvalue weighted by Crippen LogP contribution is 2.22. The van der Waals surface area contributed by atoms with E-state index < -0.39 is 0 Å². The number of ketones is 2. The number of benzene rings is 1. The Morgan fingerprint density at radius 1 is 1.19 bits per heavy atom. The molecule has 84 valence electrons. The van der Waals surface area contributed by atoms with Gasteiger partial charge in [-0.25, -0.2) is 0 Å². The van der Waals surface area contributed by atoms with Gasteiger partial charge in [-0.15, -0.1) is 0 Å². The lowest BCUT2D eigenvalue weighted by atomic mass is 9.97. The minimum Gasteiger partial charge on any atom is -0.362 e. The molecule has 16 heavy (non-hydrogen) atoms. The number of nitrogens with one attached hydrogen (secondary N) is 1. The molecule has 3 heteroatoms. The smallest absolute Gasteiger partial charge is 0.160 e. The van der Waals surface area contributed by atoms with Crippen molar-refractivity contribution in [2.24, 2.45) is 0 Å². The van der Waals surface area contributed by atoms with Crippen LogP contribution < -0.4 is 5.32 Å². The third-order valence-corrected chi connectivity index (χ3v) is 2.38. The highest BCUT2D eigenvalue weighted by Gasteiger charge is 2.13. The molecule has 1 aromatic carbocycles. The van der Waals surface area contributed by atoms with Crippen LogP contribution in [-0.4, -0.2) is 11.6 Å². The zero-order chi connectivity index (χ0) is 12.3. The van der Waals surface area contributed by atoms with Gasteiger partial charge < -0.3 is 5.32 Å². The van der Waals surface area contributed by atoms with E-state index in [2.05, 4.69) is 11.9 Å². The molecule has 0 saturated heterocycles. The summed E-state index contributed by atoms with van der Waals surface area (Å²) in [6.45, 7) is 8.36. The Morgan fingerprint density at radius 3 is 2.12 bits per heavy atom. The van der Waals surface area contributed by atoms with Crippen LogP contribution in [0.5, 0.6) is 0 Å². The van der Waals surface area contributed by atoms with Crippen molar-refractivity contribution in [1.29, 1.82) is 0 Å². The van der Waals surface area contributed by atoms with E-state index in [0.29, 0.717) is 11.1 Å². The zero-order valence-electron chi connectivity index (χ0n) is 9.76. The van der Waals surface area contributed by atoms with E-state index >= 15 is 0 Å². The van der Waals surface area contributed by atoms with Gasteiger partial charge in [0.1, 0.15) is 0 Å². The van der Waals surface area contributed by atoms with Crippen molar-refractivity contribution in [3.05, 3.63) is 41.6 Å². The molecule has 0 spiro atoms. The second-order valence-corrected chi connectivity index (χ2v) is 3.67. The molecule has 0 aliphatic carbocycles. The Bertz CT molecular complexity index is 461. The summed E-state index contributed by atoms with van der Waals surface area (Å²) in [5.41, 5.74) is 2.63. The van der Waals surface area contributed by atoms with E-state index in [1.165, 1.54) is 13.8 Å². The van der Waals surface area contributed by atoms with Gasteiger partial charge >= 0.3 is 0 Å². The average Bonchev–Trinajstić information content (AvgIpc) is 2.20. The van der Waals surface area contributed by atoms with E-state index in [1.54, 1.807) is 18.3 Å². The Morgan fingerprint density at radius 2 is 1.69 bits per heavy atom. The number of hydrogen-bond acceptors (Lipinski definition) is 3. The zero-order valence-corrected chi connectivity index (χ0v) is 9.76. The van der Waals surface area contributed by atoms with Crippen molar-refractivity contribution >= 4 is 17.3 Å². The molecule has 1 N–H and O–H groups in total. The van der Waals surface area contributed by atoms with Crippen molar-refractivity contribution < 1.29 is 9.59 Å². The maximum atomic E-state index is 11.4. The van der Waals surface area contributed by atoms with E-state index in [-0.39, 0.29) is 11.6 Å². The quantitative estimate of drug-likeness (QED) is 0.789. The van der Waals surface area contributed by atoms with Gasteiger partial charge in [0.05, 0.1) is 0 Å². The third kappa shape index (κ3) is 2.37. The second kappa shape index (κ2) is 4.75. The summed E-state index contributed by atoms with van der Waals surface area (Å²) in [7, 11) is 0. The summed E-state index contributed by atoms with van der Waals surface area (Å²) < 4.78 is 0. The molecule has 1 rings (SSSR count). The van der Waals surface area contributed by atoms with Crippen LogP contribution in [0.4, 0.5) is 5.69 Å². The number of hydrogen-bond donors (Lipinski definition) is 1. The van der Waals surface area contributed by atoms with Gasteiger partial charge in [-0.1, -0.05) is 6.58 Å². The van der Waals surface area contributed by atoms with Gasteiger partial charge in [-0.2, -0.15) is 0 Å². The normalized spacial score (nSPS) is 9.69. The summed E-state index contributed by atoms with van der Waals surface area (Å²) in [6.07, 6.45) is 1.54. The molecular weight excluding hydrogens is 202 g/mol. The molecule has 0 atom stereocenters. The Hall–Kier alpha value is -1.90. The number of carbonyl (C=O) groups excluding carboxylic acids is 2. The lowest BCUT2D eigenvalue weighted by molar-refractivity contribution is 0.0981. The highest BCUT2D eigenvalue weighted by molar-refractivity contribution is 6.08. The minimum atomic E-state index is -0.114. The van der Waals surface area contributed by atoms with Crippen LogP contribution in [-0.2, 0) is 0 Å². The molecule has 1 aromatic rings. The van der Waals surface area contributed by atoms with Crippen LogP contribution in [0.15, 0.2) is 24.9 Å². The molecule has 0 aliphatic heterocycles.